The zero-order valence-electron chi connectivity index (χ0n) is 13.7. The molecule has 3 aromatic rings. The van der Waals surface area contributed by atoms with Crippen LogP contribution in [0.2, 0.25) is 0 Å². The number of aromatic nitrogens is 1. The number of benzene rings is 2. The minimum Gasteiger partial charge on any atom is -0.352 e. The second-order valence-electron chi connectivity index (χ2n) is 5.25. The van der Waals surface area contributed by atoms with Crippen molar-refractivity contribution in [1.29, 1.82) is 0 Å². The Morgan fingerprint density at radius 2 is 1.81 bits per heavy atom. The second-order valence-corrected chi connectivity index (χ2v) is 7.34. The van der Waals surface area contributed by atoms with Crippen LogP contribution in [0.25, 0.3) is 10.2 Å². The van der Waals surface area contributed by atoms with Crippen molar-refractivity contribution in [2.75, 3.05) is 11.9 Å². The SMILES string of the molecule is O=C(CNc1nc2ccccc2s1)NNC(=O)c1ccc(SC(F)F)cc1. The van der Waals surface area contributed by atoms with Gasteiger partial charge in [-0.2, -0.15) is 8.78 Å². The molecule has 0 atom stereocenters. The summed E-state index contributed by atoms with van der Waals surface area (Å²) in [4.78, 5) is 28.5. The standard InChI is InChI=1S/C17H14F2N4O2S2/c18-16(19)26-11-7-5-10(6-8-11)15(25)23-22-14(24)9-20-17-21-12-3-1-2-4-13(12)27-17/h1-8,16H,9H2,(H,20,21)(H,22,24)(H,23,25). The summed E-state index contributed by atoms with van der Waals surface area (Å²) in [5, 5.41) is 3.49. The van der Waals surface area contributed by atoms with Gasteiger partial charge in [0, 0.05) is 10.5 Å². The number of thiazole rings is 1. The maximum atomic E-state index is 12.3. The molecule has 0 saturated carbocycles. The number of nitrogens with zero attached hydrogens (tertiary/aromatic N) is 1. The summed E-state index contributed by atoms with van der Waals surface area (Å²) < 4.78 is 25.5. The van der Waals surface area contributed by atoms with Crippen LogP contribution >= 0.6 is 23.1 Å². The molecule has 0 aliphatic heterocycles. The molecule has 0 radical (unpaired) electrons. The van der Waals surface area contributed by atoms with E-state index >= 15 is 0 Å². The lowest BCUT2D eigenvalue weighted by Crippen LogP contribution is -2.44. The van der Waals surface area contributed by atoms with Crippen LogP contribution in [0.15, 0.2) is 53.4 Å². The van der Waals surface area contributed by atoms with Gasteiger partial charge in [-0.3, -0.25) is 20.4 Å². The number of para-hydroxylation sites is 1. The number of halogens is 2. The molecule has 3 N–H and O–H groups in total. The van der Waals surface area contributed by atoms with E-state index in [1.807, 2.05) is 24.3 Å². The number of alkyl halides is 2. The fourth-order valence-electron chi connectivity index (χ4n) is 2.13. The summed E-state index contributed by atoms with van der Waals surface area (Å²) in [5.74, 6) is -3.52. The molecule has 0 aliphatic carbocycles. The van der Waals surface area contributed by atoms with Crippen LogP contribution in [0.3, 0.4) is 0 Å². The number of amides is 2. The Hall–Kier alpha value is -2.72. The number of hydrogen-bond acceptors (Lipinski definition) is 6. The molecule has 0 aliphatic rings. The lowest BCUT2D eigenvalue weighted by molar-refractivity contribution is -0.120. The molecule has 0 fully saturated rings. The first kappa shape index (κ1) is 19.1. The van der Waals surface area contributed by atoms with E-state index in [4.69, 9.17) is 0 Å². The number of anilines is 1. The van der Waals surface area contributed by atoms with Gasteiger partial charge in [-0.15, -0.1) is 0 Å². The molecular weight excluding hydrogens is 394 g/mol. The zero-order chi connectivity index (χ0) is 19.2. The molecule has 0 bridgehead atoms. The van der Waals surface area contributed by atoms with Gasteiger partial charge in [0.1, 0.15) is 0 Å². The predicted octanol–water partition coefficient (Wildman–Crippen LogP) is 3.48. The van der Waals surface area contributed by atoms with Crippen molar-refractivity contribution in [2.45, 2.75) is 10.7 Å². The van der Waals surface area contributed by atoms with E-state index in [9.17, 15) is 18.4 Å². The maximum absolute atomic E-state index is 12.3. The summed E-state index contributed by atoms with van der Waals surface area (Å²) >= 11 is 1.82. The van der Waals surface area contributed by atoms with Crippen LogP contribution in [0.4, 0.5) is 13.9 Å². The summed E-state index contributed by atoms with van der Waals surface area (Å²) in [7, 11) is 0. The van der Waals surface area contributed by atoms with Crippen LogP contribution in [-0.2, 0) is 4.79 Å². The van der Waals surface area contributed by atoms with Crippen LogP contribution in [0.5, 0.6) is 0 Å². The molecular formula is C17H14F2N4O2S2. The fourth-order valence-corrected chi connectivity index (χ4v) is 3.49. The third kappa shape index (κ3) is 5.38. The number of thioether (sulfide) groups is 1. The Bertz CT molecular complexity index is 915. The Morgan fingerprint density at radius 3 is 2.52 bits per heavy atom. The first-order chi connectivity index (χ1) is 13.0. The molecule has 0 unspecified atom stereocenters. The molecule has 6 nitrogen and oxygen atoms in total. The summed E-state index contributed by atoms with van der Waals surface area (Å²) in [5.41, 5.74) is 5.64. The van der Waals surface area contributed by atoms with Crippen molar-refractivity contribution >= 4 is 50.3 Å². The Kier molecular flexibility index (Phi) is 6.20. The number of rotatable bonds is 6. The lowest BCUT2D eigenvalue weighted by atomic mass is 10.2. The van der Waals surface area contributed by atoms with E-state index < -0.39 is 17.6 Å². The number of hydrazine groups is 1. The van der Waals surface area contributed by atoms with Crippen molar-refractivity contribution in [3.8, 4) is 0 Å². The topological polar surface area (TPSA) is 83.1 Å². The molecule has 2 aromatic carbocycles. The minimum absolute atomic E-state index is 0.0654. The third-order valence-electron chi connectivity index (χ3n) is 3.35. The van der Waals surface area contributed by atoms with E-state index in [1.165, 1.54) is 35.6 Å². The van der Waals surface area contributed by atoms with Crippen molar-refractivity contribution in [3.05, 3.63) is 54.1 Å². The average Bonchev–Trinajstić information content (AvgIpc) is 3.07. The molecule has 1 aromatic heterocycles. The van der Waals surface area contributed by atoms with Gasteiger partial charge < -0.3 is 5.32 Å². The zero-order valence-corrected chi connectivity index (χ0v) is 15.4. The first-order valence-corrected chi connectivity index (χ1v) is 9.44. The van der Waals surface area contributed by atoms with Crippen LogP contribution < -0.4 is 16.2 Å². The Labute approximate surface area is 161 Å². The molecule has 3 rings (SSSR count). The normalized spacial score (nSPS) is 10.8. The van der Waals surface area contributed by atoms with E-state index in [1.54, 1.807) is 0 Å². The van der Waals surface area contributed by atoms with E-state index in [-0.39, 0.29) is 12.1 Å². The second kappa shape index (κ2) is 8.78. The van der Waals surface area contributed by atoms with Gasteiger partial charge in [0.05, 0.1) is 16.8 Å². The fraction of sp³-hybridized carbons (Fsp3) is 0.118. The van der Waals surface area contributed by atoms with Crippen LogP contribution in [-0.4, -0.2) is 29.1 Å². The number of carbonyl (C=O) groups is 2. The van der Waals surface area contributed by atoms with Gasteiger partial charge in [-0.25, -0.2) is 4.98 Å². The third-order valence-corrected chi connectivity index (χ3v) is 5.07. The van der Waals surface area contributed by atoms with Crippen molar-refractivity contribution < 1.29 is 18.4 Å². The molecule has 27 heavy (non-hydrogen) atoms. The Morgan fingerprint density at radius 1 is 1.07 bits per heavy atom. The number of nitrogens with one attached hydrogen (secondary N) is 3. The largest absolute Gasteiger partial charge is 0.352 e. The van der Waals surface area contributed by atoms with Gasteiger partial charge in [0.2, 0.25) is 0 Å². The molecule has 140 valence electrons. The minimum atomic E-state index is -2.52. The maximum Gasteiger partial charge on any atom is 0.288 e. The van der Waals surface area contributed by atoms with E-state index in [0.29, 0.717) is 21.8 Å². The summed E-state index contributed by atoms with van der Waals surface area (Å²) in [6.07, 6.45) is 0. The molecule has 1 heterocycles. The number of fused-ring (bicyclic) bond motifs is 1. The predicted molar refractivity (Wildman–Crippen MR) is 102 cm³/mol. The van der Waals surface area contributed by atoms with Gasteiger partial charge >= 0.3 is 0 Å². The molecule has 2 amide bonds. The van der Waals surface area contributed by atoms with E-state index in [0.717, 1.165) is 10.2 Å². The van der Waals surface area contributed by atoms with Gasteiger partial charge in [0.15, 0.2) is 5.13 Å². The van der Waals surface area contributed by atoms with Gasteiger partial charge in [-0.1, -0.05) is 35.2 Å². The highest BCUT2D eigenvalue weighted by Gasteiger charge is 2.10. The molecule has 0 saturated heterocycles. The van der Waals surface area contributed by atoms with Gasteiger partial charge in [0.25, 0.3) is 17.6 Å². The Balaban J connectivity index is 1.46. The highest BCUT2D eigenvalue weighted by Crippen LogP contribution is 2.25. The quantitative estimate of drug-likeness (QED) is 0.430. The lowest BCUT2D eigenvalue weighted by Gasteiger charge is -2.08. The number of carbonyl (C=O) groups excluding carboxylic acids is 2. The van der Waals surface area contributed by atoms with Crippen molar-refractivity contribution in [1.82, 2.24) is 15.8 Å². The molecule has 10 heteroatoms. The van der Waals surface area contributed by atoms with Crippen LogP contribution in [0, 0.1) is 0 Å². The number of hydrogen-bond donors (Lipinski definition) is 3. The van der Waals surface area contributed by atoms with E-state index in [2.05, 4.69) is 21.2 Å². The van der Waals surface area contributed by atoms with Gasteiger partial charge in [-0.05, 0) is 36.4 Å². The van der Waals surface area contributed by atoms with Crippen molar-refractivity contribution in [3.63, 3.8) is 0 Å². The highest BCUT2D eigenvalue weighted by molar-refractivity contribution is 7.99. The van der Waals surface area contributed by atoms with Crippen LogP contribution in [0.1, 0.15) is 10.4 Å². The highest BCUT2D eigenvalue weighted by atomic mass is 32.2. The molecule has 0 spiro atoms. The monoisotopic (exact) mass is 408 g/mol. The smallest absolute Gasteiger partial charge is 0.288 e. The van der Waals surface area contributed by atoms with Crippen molar-refractivity contribution in [2.24, 2.45) is 0 Å². The summed E-state index contributed by atoms with van der Waals surface area (Å²) in [6, 6.07) is 13.3. The average molecular weight is 408 g/mol. The summed E-state index contributed by atoms with van der Waals surface area (Å²) in [6.45, 7) is -0.0654. The first-order valence-electron chi connectivity index (χ1n) is 7.75.